The van der Waals surface area contributed by atoms with Gasteiger partial charge in [-0.1, -0.05) is 39.0 Å². The molecule has 0 aliphatic carbocycles. The van der Waals surface area contributed by atoms with E-state index in [2.05, 4.69) is 6.92 Å². The number of carbonyl (C=O) groups excluding carboxylic acids is 1. The molecule has 2 heteroatoms. The summed E-state index contributed by atoms with van der Waals surface area (Å²) in [6, 6.07) is 0. The van der Waals surface area contributed by atoms with Gasteiger partial charge in [0, 0.05) is 6.42 Å². The van der Waals surface area contributed by atoms with Gasteiger partial charge in [-0.25, -0.2) is 0 Å². The maximum Gasteiger partial charge on any atom is 0.148 e. The summed E-state index contributed by atoms with van der Waals surface area (Å²) in [6.45, 7) is 2.17. The highest BCUT2D eigenvalue weighted by Crippen LogP contribution is 2.06. The van der Waals surface area contributed by atoms with E-state index in [1.807, 2.05) is 0 Å². The van der Waals surface area contributed by atoms with Gasteiger partial charge in [0.15, 0.2) is 0 Å². The molecule has 0 aromatic carbocycles. The van der Waals surface area contributed by atoms with E-state index >= 15 is 0 Å². The van der Waals surface area contributed by atoms with Gasteiger partial charge in [-0.05, 0) is 6.42 Å². The first-order chi connectivity index (χ1) is 5.81. The first-order valence-corrected chi connectivity index (χ1v) is 4.97. The molecule has 0 saturated carbocycles. The molecule has 12 heavy (non-hydrogen) atoms. The van der Waals surface area contributed by atoms with Crippen molar-refractivity contribution >= 4 is 5.78 Å². The Hall–Kier alpha value is -0.370. The minimum atomic E-state index is -0.0328. The summed E-state index contributed by atoms with van der Waals surface area (Å²) in [7, 11) is 0. The highest BCUT2D eigenvalue weighted by atomic mass is 16.1. The molecule has 0 aliphatic rings. The van der Waals surface area contributed by atoms with Crippen molar-refractivity contribution in [3.05, 3.63) is 0 Å². The zero-order valence-electron chi connectivity index (χ0n) is 8.07. The third kappa shape index (κ3) is 7.73. The second-order valence-electron chi connectivity index (χ2n) is 3.23. The number of unbranched alkanes of at least 4 members (excludes halogenated alkanes) is 5. The Balaban J connectivity index is 2.95. The van der Waals surface area contributed by atoms with Crippen molar-refractivity contribution in [1.29, 1.82) is 0 Å². The first-order valence-electron chi connectivity index (χ1n) is 4.97. The van der Waals surface area contributed by atoms with Gasteiger partial charge in [0.1, 0.15) is 5.78 Å². The molecular formula is C10H20NO. The van der Waals surface area contributed by atoms with Crippen LogP contribution in [0.3, 0.4) is 0 Å². The molecule has 0 rings (SSSR count). The number of hydrogen-bond acceptors (Lipinski definition) is 1. The predicted molar refractivity (Wildman–Crippen MR) is 51.0 cm³/mol. The molecule has 0 aromatic rings. The standard InChI is InChI=1S/C10H20NO/c1-2-3-4-5-6-7-8-10(12)9-11/h11H,2-9H2,1H3. The van der Waals surface area contributed by atoms with Crippen LogP contribution in [-0.4, -0.2) is 12.3 Å². The lowest BCUT2D eigenvalue weighted by molar-refractivity contribution is -0.117. The van der Waals surface area contributed by atoms with Crippen LogP contribution in [0.25, 0.3) is 0 Å². The van der Waals surface area contributed by atoms with E-state index in [9.17, 15) is 4.79 Å². The fraction of sp³-hybridized carbons (Fsp3) is 0.900. The Morgan fingerprint density at radius 2 is 1.67 bits per heavy atom. The molecular weight excluding hydrogens is 150 g/mol. The van der Waals surface area contributed by atoms with Crippen LogP contribution in [0.2, 0.25) is 0 Å². The molecule has 2 nitrogen and oxygen atoms in total. The maximum atomic E-state index is 10.7. The normalized spacial score (nSPS) is 10.2. The van der Waals surface area contributed by atoms with Crippen LogP contribution in [0, 0.1) is 0 Å². The summed E-state index contributed by atoms with van der Waals surface area (Å²) in [4.78, 5) is 10.7. The van der Waals surface area contributed by atoms with Gasteiger partial charge in [0.25, 0.3) is 0 Å². The van der Waals surface area contributed by atoms with E-state index in [0.29, 0.717) is 6.42 Å². The summed E-state index contributed by atoms with van der Waals surface area (Å²) < 4.78 is 0. The van der Waals surface area contributed by atoms with Crippen molar-refractivity contribution in [3.63, 3.8) is 0 Å². The van der Waals surface area contributed by atoms with Crippen LogP contribution in [-0.2, 0) is 4.79 Å². The molecule has 0 atom stereocenters. The zero-order valence-corrected chi connectivity index (χ0v) is 8.07. The minimum Gasteiger partial charge on any atom is -0.298 e. The molecule has 0 aliphatic heterocycles. The topological polar surface area (TPSA) is 40.9 Å². The molecule has 1 radical (unpaired) electrons. The van der Waals surface area contributed by atoms with Crippen LogP contribution in [0.15, 0.2) is 0 Å². The monoisotopic (exact) mass is 170 g/mol. The van der Waals surface area contributed by atoms with Crippen molar-refractivity contribution in [2.45, 2.75) is 51.9 Å². The Morgan fingerprint density at radius 1 is 1.08 bits per heavy atom. The number of carbonyl (C=O) groups is 1. The van der Waals surface area contributed by atoms with Gasteiger partial charge in [-0.2, -0.15) is 0 Å². The number of Topliss-reactive ketones (excluding diaryl/α,β-unsaturated/α-hetero) is 1. The van der Waals surface area contributed by atoms with Gasteiger partial charge >= 0.3 is 0 Å². The molecule has 0 aromatic heterocycles. The smallest absolute Gasteiger partial charge is 0.148 e. The second kappa shape index (κ2) is 8.72. The third-order valence-corrected chi connectivity index (χ3v) is 2.01. The van der Waals surface area contributed by atoms with Crippen LogP contribution in [0.5, 0.6) is 0 Å². The summed E-state index contributed by atoms with van der Waals surface area (Å²) in [5.41, 5.74) is 6.81. The van der Waals surface area contributed by atoms with E-state index < -0.39 is 0 Å². The molecule has 0 bridgehead atoms. The van der Waals surface area contributed by atoms with Gasteiger partial charge in [0.05, 0.1) is 6.54 Å². The maximum absolute atomic E-state index is 10.7. The number of rotatable bonds is 8. The van der Waals surface area contributed by atoms with E-state index in [1.165, 1.54) is 25.7 Å². The molecule has 0 spiro atoms. The van der Waals surface area contributed by atoms with Gasteiger partial charge in [-0.15, -0.1) is 0 Å². The largest absolute Gasteiger partial charge is 0.298 e. The Bertz CT molecular complexity index is 112. The van der Waals surface area contributed by atoms with Crippen LogP contribution < -0.4 is 5.73 Å². The van der Waals surface area contributed by atoms with Crippen molar-refractivity contribution in [2.24, 2.45) is 0 Å². The van der Waals surface area contributed by atoms with E-state index in [4.69, 9.17) is 5.73 Å². The number of nitrogens with one attached hydrogen (secondary N) is 1. The fourth-order valence-electron chi connectivity index (χ4n) is 1.19. The Kier molecular flexibility index (Phi) is 8.46. The summed E-state index contributed by atoms with van der Waals surface area (Å²) in [6.07, 6.45) is 7.89. The molecule has 71 valence electrons. The van der Waals surface area contributed by atoms with E-state index in [0.717, 1.165) is 12.8 Å². The second-order valence-corrected chi connectivity index (χ2v) is 3.23. The first kappa shape index (κ1) is 11.6. The van der Waals surface area contributed by atoms with Crippen molar-refractivity contribution in [2.75, 3.05) is 6.54 Å². The average molecular weight is 170 g/mol. The highest BCUT2D eigenvalue weighted by molar-refractivity contribution is 5.79. The van der Waals surface area contributed by atoms with Gasteiger partial charge in [0.2, 0.25) is 0 Å². The zero-order chi connectivity index (χ0) is 9.23. The SMILES string of the molecule is CCCCCCCCC(=O)C[NH]. The van der Waals surface area contributed by atoms with Crippen LogP contribution in [0.1, 0.15) is 51.9 Å². The summed E-state index contributed by atoms with van der Waals surface area (Å²) in [5.74, 6) is 0.0884. The quantitative estimate of drug-likeness (QED) is 0.516. The van der Waals surface area contributed by atoms with Crippen LogP contribution in [0.4, 0.5) is 0 Å². The molecule has 0 heterocycles. The Labute approximate surface area is 75.5 Å². The van der Waals surface area contributed by atoms with Crippen molar-refractivity contribution < 1.29 is 4.79 Å². The lowest BCUT2D eigenvalue weighted by atomic mass is 10.1. The summed E-state index contributed by atoms with van der Waals surface area (Å²) in [5, 5.41) is 0. The molecule has 0 fully saturated rings. The van der Waals surface area contributed by atoms with E-state index in [-0.39, 0.29) is 12.3 Å². The third-order valence-electron chi connectivity index (χ3n) is 2.01. The molecule has 1 N–H and O–H groups in total. The summed E-state index contributed by atoms with van der Waals surface area (Å²) >= 11 is 0. The lowest BCUT2D eigenvalue weighted by Crippen LogP contribution is -2.04. The molecule has 0 amide bonds. The van der Waals surface area contributed by atoms with Gasteiger partial charge in [-0.3, -0.25) is 10.5 Å². The minimum absolute atomic E-state index is 0.0328. The van der Waals surface area contributed by atoms with Crippen LogP contribution >= 0.6 is 0 Å². The van der Waals surface area contributed by atoms with Crippen molar-refractivity contribution in [3.8, 4) is 0 Å². The highest BCUT2D eigenvalue weighted by Gasteiger charge is 1.97. The Morgan fingerprint density at radius 3 is 2.25 bits per heavy atom. The molecule has 0 unspecified atom stereocenters. The molecule has 0 saturated heterocycles. The van der Waals surface area contributed by atoms with Gasteiger partial charge < -0.3 is 0 Å². The average Bonchev–Trinajstić information content (AvgIpc) is 2.10. The lowest BCUT2D eigenvalue weighted by Gasteiger charge is -1.98. The fourth-order valence-corrected chi connectivity index (χ4v) is 1.19. The van der Waals surface area contributed by atoms with Crippen molar-refractivity contribution in [1.82, 2.24) is 5.73 Å². The number of ketones is 1. The predicted octanol–water partition coefficient (Wildman–Crippen LogP) is 2.59. The van der Waals surface area contributed by atoms with E-state index in [1.54, 1.807) is 0 Å². The number of hydrogen-bond donors (Lipinski definition) is 0.